The molecule has 2 aromatic rings. The molecular formula is C17H21BrN3O2+. The topological polar surface area (TPSA) is 73.4 Å². The average molecular weight is 379 g/mol. The molecule has 0 bridgehead atoms. The molecule has 1 heterocycles. The first-order chi connectivity index (χ1) is 11.1. The lowest BCUT2D eigenvalue weighted by atomic mass is 10.1. The molecule has 2 atom stereocenters. The standard InChI is InChI=1S/C17H20BrN3O2/c18-13-3-1-12(2-4-13)9-21(10-14-11-23-17(19)20-14)15-5-7-16(22)8-6-15/h1-8,14,17,20,22H,9-11,19H2/p+1/t14-,17?/m0/s1. The minimum absolute atomic E-state index is 0.191. The maximum Gasteiger partial charge on any atom is 0.253 e. The van der Waals surface area contributed by atoms with Crippen molar-refractivity contribution in [2.45, 2.75) is 18.9 Å². The lowest BCUT2D eigenvalue weighted by Gasteiger charge is -2.27. The summed E-state index contributed by atoms with van der Waals surface area (Å²) < 4.78 is 6.46. The Morgan fingerprint density at radius 1 is 1.17 bits per heavy atom. The summed E-state index contributed by atoms with van der Waals surface area (Å²) in [5, 5.41) is 10.9. The second-order valence-corrected chi connectivity index (χ2v) is 6.59. The molecule has 0 aliphatic carbocycles. The molecule has 0 aromatic heterocycles. The van der Waals surface area contributed by atoms with E-state index in [1.165, 1.54) is 5.56 Å². The van der Waals surface area contributed by atoms with Crippen LogP contribution in [0, 0.1) is 0 Å². The highest BCUT2D eigenvalue weighted by Gasteiger charge is 2.24. The second kappa shape index (κ2) is 7.31. The summed E-state index contributed by atoms with van der Waals surface area (Å²) in [6, 6.07) is 16.1. The Bertz CT molecular complexity index is 633. The molecule has 0 radical (unpaired) electrons. The monoisotopic (exact) mass is 378 g/mol. The van der Waals surface area contributed by atoms with Crippen molar-refractivity contribution in [1.29, 1.82) is 0 Å². The van der Waals surface area contributed by atoms with E-state index in [1.54, 1.807) is 0 Å². The Labute approximate surface area is 144 Å². The largest absolute Gasteiger partial charge is 0.593 e. The van der Waals surface area contributed by atoms with Crippen molar-refractivity contribution >= 4 is 21.6 Å². The van der Waals surface area contributed by atoms with Gasteiger partial charge < -0.3 is 14.7 Å². The zero-order valence-corrected chi connectivity index (χ0v) is 14.3. The predicted molar refractivity (Wildman–Crippen MR) is 95.5 cm³/mol. The summed E-state index contributed by atoms with van der Waals surface area (Å²) in [5.74, 6) is 0.515. The van der Waals surface area contributed by atoms with Gasteiger partial charge in [0.1, 0.15) is 0 Å². The second-order valence-electron chi connectivity index (χ2n) is 5.67. The summed E-state index contributed by atoms with van der Waals surface area (Å²) in [6.07, 6.45) is -0.384. The Hall–Kier alpha value is -1.60. The highest BCUT2D eigenvalue weighted by Crippen LogP contribution is 2.22. The molecule has 1 fully saturated rings. The fraction of sp³-hybridized carbons (Fsp3) is 0.294. The van der Waals surface area contributed by atoms with Gasteiger partial charge in [-0.05, 0) is 29.8 Å². The molecule has 5 nitrogen and oxygen atoms in total. The van der Waals surface area contributed by atoms with Gasteiger partial charge in [0.15, 0.2) is 6.35 Å². The number of halogens is 1. The van der Waals surface area contributed by atoms with Gasteiger partial charge >= 0.3 is 0 Å². The molecule has 122 valence electrons. The molecule has 0 spiro atoms. The number of nitrogens with zero attached hydrogens (tertiary/aromatic N) is 1. The zero-order valence-electron chi connectivity index (χ0n) is 12.7. The van der Waals surface area contributed by atoms with Crippen molar-refractivity contribution in [3.63, 3.8) is 0 Å². The molecule has 1 unspecified atom stereocenters. The lowest BCUT2D eigenvalue weighted by Crippen LogP contribution is -2.43. The van der Waals surface area contributed by atoms with Gasteiger partial charge in [-0.2, -0.15) is 0 Å². The van der Waals surface area contributed by atoms with Crippen LogP contribution in [0.25, 0.3) is 0 Å². The maximum absolute atomic E-state index is 7.66. The van der Waals surface area contributed by atoms with Crippen LogP contribution in [-0.2, 0) is 11.3 Å². The number of hydrogen-bond donors (Lipinski definition) is 2. The quantitative estimate of drug-likeness (QED) is 0.781. The number of rotatable bonds is 5. The van der Waals surface area contributed by atoms with Gasteiger partial charge in [-0.15, -0.1) is 0 Å². The van der Waals surface area contributed by atoms with Crippen LogP contribution >= 0.6 is 15.9 Å². The SMILES string of the molecule is NC1N[C@@H](CN(Cc2ccc(Br)cc2)c2ccc([OH2+])cc2)CO1. The molecule has 5 N–H and O–H groups in total. The summed E-state index contributed by atoms with van der Waals surface area (Å²) in [5.41, 5.74) is 8.06. The van der Waals surface area contributed by atoms with Crippen molar-refractivity contribution in [1.82, 2.24) is 5.32 Å². The van der Waals surface area contributed by atoms with Crippen LogP contribution in [0.2, 0.25) is 0 Å². The number of nitrogens with two attached hydrogens (primary N) is 1. The number of benzene rings is 2. The first kappa shape index (κ1) is 16.3. The summed E-state index contributed by atoms with van der Waals surface area (Å²) in [4.78, 5) is 2.28. The lowest BCUT2D eigenvalue weighted by molar-refractivity contribution is 0.106. The number of nitrogens with one attached hydrogen (secondary N) is 1. The highest BCUT2D eigenvalue weighted by molar-refractivity contribution is 9.10. The third kappa shape index (κ3) is 4.45. The van der Waals surface area contributed by atoms with E-state index in [-0.39, 0.29) is 12.4 Å². The van der Waals surface area contributed by atoms with E-state index in [9.17, 15) is 0 Å². The van der Waals surface area contributed by atoms with Crippen molar-refractivity contribution < 1.29 is 9.84 Å². The van der Waals surface area contributed by atoms with Gasteiger partial charge in [-0.3, -0.25) is 11.1 Å². The maximum atomic E-state index is 7.66. The van der Waals surface area contributed by atoms with Gasteiger partial charge in [0.05, 0.1) is 12.6 Å². The normalized spacial score (nSPS) is 20.6. The fourth-order valence-electron chi connectivity index (χ4n) is 2.66. The highest BCUT2D eigenvalue weighted by atomic mass is 79.9. The minimum Gasteiger partial charge on any atom is -0.593 e. The third-order valence-corrected chi connectivity index (χ3v) is 4.37. The van der Waals surface area contributed by atoms with Crippen LogP contribution in [0.4, 0.5) is 5.69 Å². The Morgan fingerprint density at radius 3 is 2.48 bits per heavy atom. The fourth-order valence-corrected chi connectivity index (χ4v) is 2.93. The van der Waals surface area contributed by atoms with E-state index in [0.717, 1.165) is 23.2 Å². The van der Waals surface area contributed by atoms with Gasteiger partial charge in [-0.1, -0.05) is 28.1 Å². The van der Waals surface area contributed by atoms with E-state index in [0.29, 0.717) is 12.4 Å². The van der Waals surface area contributed by atoms with E-state index in [2.05, 4.69) is 38.3 Å². The van der Waals surface area contributed by atoms with Gasteiger partial charge in [0.25, 0.3) is 5.75 Å². The van der Waals surface area contributed by atoms with Crippen LogP contribution in [0.1, 0.15) is 5.56 Å². The Balaban J connectivity index is 1.77. The molecule has 1 aliphatic heterocycles. The van der Waals surface area contributed by atoms with Crippen LogP contribution in [-0.4, -0.2) is 30.7 Å². The van der Waals surface area contributed by atoms with Crippen molar-refractivity contribution in [3.05, 3.63) is 58.6 Å². The van der Waals surface area contributed by atoms with E-state index in [4.69, 9.17) is 15.6 Å². The number of ether oxygens (including phenoxy) is 1. The van der Waals surface area contributed by atoms with Crippen molar-refractivity contribution in [2.24, 2.45) is 5.73 Å². The van der Waals surface area contributed by atoms with E-state index >= 15 is 0 Å². The number of hydrogen-bond acceptors (Lipinski definition) is 4. The molecular weight excluding hydrogens is 358 g/mol. The third-order valence-electron chi connectivity index (χ3n) is 3.84. The van der Waals surface area contributed by atoms with E-state index < -0.39 is 0 Å². The van der Waals surface area contributed by atoms with Crippen LogP contribution in [0.3, 0.4) is 0 Å². The molecule has 2 aromatic carbocycles. The van der Waals surface area contributed by atoms with Crippen LogP contribution < -0.4 is 16.0 Å². The summed E-state index contributed by atoms with van der Waals surface area (Å²) >= 11 is 3.47. The minimum atomic E-state index is -0.384. The molecule has 3 rings (SSSR count). The smallest absolute Gasteiger partial charge is 0.253 e. The van der Waals surface area contributed by atoms with Crippen molar-refractivity contribution in [2.75, 3.05) is 18.1 Å². The average Bonchev–Trinajstić information content (AvgIpc) is 2.95. The van der Waals surface area contributed by atoms with E-state index in [1.807, 2.05) is 36.4 Å². The van der Waals surface area contributed by atoms with Gasteiger partial charge in [-0.25, -0.2) is 0 Å². The van der Waals surface area contributed by atoms with Crippen LogP contribution in [0.5, 0.6) is 5.75 Å². The first-order valence-electron chi connectivity index (χ1n) is 7.54. The van der Waals surface area contributed by atoms with Gasteiger partial charge in [0.2, 0.25) is 0 Å². The summed E-state index contributed by atoms with van der Waals surface area (Å²) in [6.45, 7) is 2.19. The molecule has 1 aliphatic rings. The summed E-state index contributed by atoms with van der Waals surface area (Å²) in [7, 11) is 0. The van der Waals surface area contributed by atoms with Crippen molar-refractivity contribution in [3.8, 4) is 5.75 Å². The Kier molecular flexibility index (Phi) is 5.17. The molecule has 23 heavy (non-hydrogen) atoms. The first-order valence-corrected chi connectivity index (χ1v) is 8.34. The molecule has 6 heteroatoms. The Morgan fingerprint density at radius 2 is 1.87 bits per heavy atom. The molecule has 1 saturated heterocycles. The predicted octanol–water partition coefficient (Wildman–Crippen LogP) is 2.12. The van der Waals surface area contributed by atoms with Gasteiger partial charge in [0, 0.05) is 35.4 Å². The number of anilines is 1. The molecule has 0 amide bonds. The molecule has 0 saturated carbocycles. The zero-order chi connectivity index (χ0) is 16.2. The van der Waals surface area contributed by atoms with Crippen LogP contribution in [0.15, 0.2) is 53.0 Å².